The molecule has 3 saturated carbocycles. The minimum atomic E-state index is -4.89. The summed E-state index contributed by atoms with van der Waals surface area (Å²) in [7, 11) is -9.78. The van der Waals surface area contributed by atoms with Crippen molar-refractivity contribution in [3.8, 4) is 0 Å². The first-order valence-electron chi connectivity index (χ1n) is 10.6. The highest BCUT2D eigenvalue weighted by Crippen LogP contribution is 2.74. The lowest BCUT2D eigenvalue weighted by molar-refractivity contribution is -0.208. The first-order valence-corrected chi connectivity index (χ1v) is 13.7. The number of phosphoric acid groups is 2. The average Bonchev–Trinajstić information content (AvgIpc) is 2.99. The van der Waals surface area contributed by atoms with Gasteiger partial charge < -0.3 is 19.6 Å². The molecule has 8 atom stereocenters. The second-order valence-electron chi connectivity index (χ2n) is 9.66. The minimum Gasteiger partial charge on any atom is -0.303 e. The van der Waals surface area contributed by atoms with Crippen LogP contribution in [0, 0.1) is 59.2 Å². The molecule has 16 heteroatoms. The van der Waals surface area contributed by atoms with Crippen molar-refractivity contribution in [2.45, 2.75) is 0 Å². The molecule has 0 aromatic carbocycles. The zero-order valence-electron chi connectivity index (χ0n) is 17.2. The Balaban J connectivity index is 1.25. The van der Waals surface area contributed by atoms with Gasteiger partial charge >= 0.3 is 15.6 Å². The SMILES string of the molecule is O=C1C2C(C(=O)N1COP(=O)(O)O)C1C3C=CC(C21)C1C2C(=O)N(COP(=O)(O)O)C(=O)C2C31. The molecule has 4 amide bonds. The third-order valence-electron chi connectivity index (χ3n) is 8.57. The van der Waals surface area contributed by atoms with Crippen LogP contribution in [-0.2, 0) is 37.4 Å². The molecule has 8 unspecified atom stereocenters. The van der Waals surface area contributed by atoms with Gasteiger partial charge in [-0.2, -0.15) is 0 Å². The number of amides is 4. The summed E-state index contributed by atoms with van der Waals surface area (Å²) in [5.41, 5.74) is 0. The largest absolute Gasteiger partial charge is 0.471 e. The fourth-order valence-electron chi connectivity index (χ4n) is 7.62. The van der Waals surface area contributed by atoms with Gasteiger partial charge in [0.25, 0.3) is 0 Å². The molecule has 5 fully saturated rings. The summed E-state index contributed by atoms with van der Waals surface area (Å²) in [6.07, 6.45) is 3.83. The monoisotopic (exact) mass is 518 g/mol. The summed E-state index contributed by atoms with van der Waals surface area (Å²) in [6, 6.07) is 0. The lowest BCUT2D eigenvalue weighted by Gasteiger charge is -2.68. The Morgan fingerprint density at radius 2 is 0.882 bits per heavy atom. The molecule has 7 rings (SSSR count). The molecular formula is C18H20N2O12P2. The van der Waals surface area contributed by atoms with Crippen LogP contribution in [0.5, 0.6) is 0 Å². The van der Waals surface area contributed by atoms with Crippen LogP contribution in [0.4, 0.5) is 0 Å². The maximum atomic E-state index is 12.9. The number of carbonyl (C=O) groups excluding carboxylic acids is 4. The van der Waals surface area contributed by atoms with Crippen LogP contribution < -0.4 is 0 Å². The van der Waals surface area contributed by atoms with Gasteiger partial charge in [0.2, 0.25) is 23.6 Å². The van der Waals surface area contributed by atoms with Crippen LogP contribution in [0.1, 0.15) is 0 Å². The van der Waals surface area contributed by atoms with Crippen molar-refractivity contribution in [2.75, 3.05) is 13.5 Å². The maximum Gasteiger partial charge on any atom is 0.471 e. The summed E-state index contributed by atoms with van der Waals surface area (Å²) in [5, 5.41) is 0. The van der Waals surface area contributed by atoms with E-state index >= 15 is 0 Å². The molecule has 4 N–H and O–H groups in total. The topological polar surface area (TPSA) is 208 Å². The number of carbonyl (C=O) groups is 4. The van der Waals surface area contributed by atoms with Gasteiger partial charge in [-0.05, 0) is 35.5 Å². The van der Waals surface area contributed by atoms with E-state index in [1.165, 1.54) is 0 Å². The normalized spacial score (nSPS) is 44.0. The minimum absolute atomic E-state index is 0.248. The number of fused-ring (bicyclic) bond motifs is 2. The summed E-state index contributed by atoms with van der Waals surface area (Å²) >= 11 is 0. The summed E-state index contributed by atoms with van der Waals surface area (Å²) in [4.78, 5) is 88.9. The van der Waals surface area contributed by atoms with Gasteiger partial charge in [0.05, 0.1) is 23.7 Å². The van der Waals surface area contributed by atoms with Gasteiger partial charge in [-0.15, -0.1) is 0 Å². The predicted molar refractivity (Wildman–Crippen MR) is 104 cm³/mol. The zero-order chi connectivity index (χ0) is 24.5. The van der Waals surface area contributed by atoms with Crippen molar-refractivity contribution in [1.82, 2.24) is 9.80 Å². The lowest BCUT2D eigenvalue weighted by Crippen LogP contribution is -2.70. The van der Waals surface area contributed by atoms with Crippen molar-refractivity contribution >= 4 is 39.3 Å². The fourth-order valence-corrected chi connectivity index (χ4v) is 8.15. The first-order chi connectivity index (χ1) is 15.8. The van der Waals surface area contributed by atoms with E-state index in [9.17, 15) is 28.3 Å². The van der Waals surface area contributed by atoms with Crippen LogP contribution in [0.15, 0.2) is 12.2 Å². The Morgan fingerprint density at radius 1 is 0.618 bits per heavy atom. The van der Waals surface area contributed by atoms with Crippen molar-refractivity contribution in [2.24, 2.45) is 59.2 Å². The van der Waals surface area contributed by atoms with E-state index in [-0.39, 0.29) is 35.5 Å². The molecule has 2 aliphatic heterocycles. The van der Waals surface area contributed by atoms with Gasteiger partial charge in [0, 0.05) is 0 Å². The Bertz CT molecular complexity index is 1020. The van der Waals surface area contributed by atoms with Crippen molar-refractivity contribution in [1.29, 1.82) is 0 Å². The predicted octanol–water partition coefficient (Wildman–Crippen LogP) is -1.37. The van der Waals surface area contributed by atoms with Gasteiger partial charge in [-0.3, -0.25) is 38.0 Å². The lowest BCUT2D eigenvalue weighted by atomic mass is 9.33. The second kappa shape index (κ2) is 6.92. The molecule has 0 radical (unpaired) electrons. The van der Waals surface area contributed by atoms with Gasteiger partial charge in [-0.1, -0.05) is 12.2 Å². The molecule has 2 bridgehead atoms. The molecule has 7 aliphatic rings. The maximum absolute atomic E-state index is 12.9. The Morgan fingerprint density at radius 3 is 1.12 bits per heavy atom. The fraction of sp³-hybridized carbons (Fsp3) is 0.667. The summed E-state index contributed by atoms with van der Waals surface area (Å²) < 4.78 is 30.8. The highest BCUT2D eigenvalue weighted by atomic mass is 31.2. The average molecular weight is 518 g/mol. The Hall–Kier alpha value is -1.76. The highest BCUT2D eigenvalue weighted by Gasteiger charge is 2.78. The van der Waals surface area contributed by atoms with E-state index in [1.807, 2.05) is 12.2 Å². The number of hydrogen-bond acceptors (Lipinski definition) is 8. The van der Waals surface area contributed by atoms with E-state index in [1.54, 1.807) is 0 Å². The molecule has 5 aliphatic carbocycles. The third-order valence-corrected chi connectivity index (χ3v) is 9.47. The first kappa shape index (κ1) is 22.7. The van der Waals surface area contributed by atoms with E-state index in [4.69, 9.17) is 19.6 Å². The van der Waals surface area contributed by atoms with Crippen LogP contribution in [0.3, 0.4) is 0 Å². The number of phosphoric ester groups is 2. The van der Waals surface area contributed by atoms with E-state index in [2.05, 4.69) is 9.05 Å². The molecule has 2 saturated heterocycles. The molecule has 14 nitrogen and oxygen atoms in total. The van der Waals surface area contributed by atoms with E-state index in [0.717, 1.165) is 9.80 Å². The highest BCUT2D eigenvalue weighted by molar-refractivity contribution is 7.46. The van der Waals surface area contributed by atoms with Crippen LogP contribution in [0.2, 0.25) is 0 Å². The van der Waals surface area contributed by atoms with Crippen LogP contribution in [-0.4, -0.2) is 66.5 Å². The molecule has 0 spiro atoms. The number of hydrogen-bond donors (Lipinski definition) is 4. The molecule has 184 valence electrons. The number of nitrogens with zero attached hydrogens (tertiary/aromatic N) is 2. The standard InChI is InChI=1S/C18H20N2O12P2/c21-15-11-7-5-1-2-6(9(7)13(11)17(23)19(15)3-31-33(25,26)27)10-8(5)12-14(10)18(24)20(16(12)22)4-32-34(28,29)30/h1-2,5-14H,3-4H2,(H2,25,26,27)(H2,28,29,30). The smallest absolute Gasteiger partial charge is 0.303 e. The molecule has 34 heavy (non-hydrogen) atoms. The zero-order valence-corrected chi connectivity index (χ0v) is 19.0. The summed E-state index contributed by atoms with van der Waals surface area (Å²) in [6.45, 7) is -1.69. The summed E-state index contributed by atoms with van der Waals surface area (Å²) in [5.74, 6) is -6.49. The van der Waals surface area contributed by atoms with Crippen LogP contribution in [0.25, 0.3) is 0 Å². The Kier molecular flexibility index (Phi) is 4.62. The van der Waals surface area contributed by atoms with Gasteiger partial charge in [-0.25, -0.2) is 9.13 Å². The molecular weight excluding hydrogens is 498 g/mol. The number of likely N-dealkylation sites (tertiary alicyclic amines) is 2. The Labute approximate surface area is 191 Å². The van der Waals surface area contributed by atoms with Crippen molar-refractivity contribution in [3.63, 3.8) is 0 Å². The van der Waals surface area contributed by atoms with Gasteiger partial charge in [0.15, 0.2) is 0 Å². The van der Waals surface area contributed by atoms with Crippen molar-refractivity contribution in [3.05, 3.63) is 12.2 Å². The van der Waals surface area contributed by atoms with Gasteiger partial charge in [0.1, 0.15) is 13.5 Å². The second-order valence-corrected chi connectivity index (χ2v) is 12.1. The number of rotatable bonds is 6. The molecule has 0 aromatic heterocycles. The van der Waals surface area contributed by atoms with Crippen LogP contribution >= 0.6 is 15.6 Å². The number of imide groups is 2. The number of allylic oxidation sites excluding steroid dienone is 2. The van der Waals surface area contributed by atoms with E-state index in [0.29, 0.717) is 0 Å². The van der Waals surface area contributed by atoms with E-state index < -0.39 is 76.4 Å². The molecule has 2 heterocycles. The molecule has 0 aromatic rings. The quantitative estimate of drug-likeness (QED) is 0.182. The van der Waals surface area contributed by atoms with Crippen molar-refractivity contribution < 1.29 is 56.9 Å². The third kappa shape index (κ3) is 2.85.